The van der Waals surface area contributed by atoms with Gasteiger partial charge in [-0.05, 0) is 38.7 Å². The van der Waals surface area contributed by atoms with Gasteiger partial charge < -0.3 is 15.2 Å². The number of benzene rings is 1. The average molecular weight is 287 g/mol. The molecule has 21 heavy (non-hydrogen) atoms. The first kappa shape index (κ1) is 14.6. The van der Waals surface area contributed by atoms with Crippen molar-refractivity contribution in [3.05, 3.63) is 41.0 Å². The van der Waals surface area contributed by atoms with E-state index in [9.17, 15) is 5.11 Å². The molecule has 2 N–H and O–H groups in total. The van der Waals surface area contributed by atoms with E-state index in [1.54, 1.807) is 0 Å². The van der Waals surface area contributed by atoms with Crippen LogP contribution in [0.25, 0.3) is 0 Å². The Kier molecular flexibility index (Phi) is 4.32. The van der Waals surface area contributed by atoms with Crippen LogP contribution in [0.5, 0.6) is 5.75 Å². The summed E-state index contributed by atoms with van der Waals surface area (Å²) in [5, 5.41) is 13.0. The van der Waals surface area contributed by atoms with E-state index in [0.29, 0.717) is 18.0 Å². The SMILES string of the molecule is Cc1cc(C)c2c(c1)[C@@H](N[C@@H]1C=C[C@H](CO)C1)CCCO2. The summed E-state index contributed by atoms with van der Waals surface area (Å²) >= 11 is 0. The Morgan fingerprint density at radius 1 is 1.29 bits per heavy atom. The third-order valence-corrected chi connectivity index (χ3v) is 4.53. The Hall–Kier alpha value is -1.32. The van der Waals surface area contributed by atoms with Crippen LogP contribution in [0.3, 0.4) is 0 Å². The highest BCUT2D eigenvalue weighted by Crippen LogP contribution is 2.36. The minimum Gasteiger partial charge on any atom is -0.493 e. The van der Waals surface area contributed by atoms with Crippen molar-refractivity contribution in [3.63, 3.8) is 0 Å². The zero-order chi connectivity index (χ0) is 14.8. The van der Waals surface area contributed by atoms with Crippen LogP contribution in [0, 0.1) is 19.8 Å². The van der Waals surface area contributed by atoms with Crippen molar-refractivity contribution in [3.8, 4) is 5.75 Å². The lowest BCUT2D eigenvalue weighted by Crippen LogP contribution is -2.31. The molecule has 1 aliphatic carbocycles. The van der Waals surface area contributed by atoms with Gasteiger partial charge in [0, 0.05) is 30.2 Å². The van der Waals surface area contributed by atoms with Gasteiger partial charge in [0.25, 0.3) is 0 Å². The van der Waals surface area contributed by atoms with Gasteiger partial charge in [0.2, 0.25) is 0 Å². The van der Waals surface area contributed by atoms with Crippen LogP contribution in [-0.2, 0) is 0 Å². The van der Waals surface area contributed by atoms with Gasteiger partial charge in [0.05, 0.1) is 6.61 Å². The van der Waals surface area contributed by atoms with E-state index >= 15 is 0 Å². The normalized spacial score (nSPS) is 28.0. The molecule has 0 bridgehead atoms. The summed E-state index contributed by atoms with van der Waals surface area (Å²) in [4.78, 5) is 0. The molecule has 3 heteroatoms. The van der Waals surface area contributed by atoms with Crippen molar-refractivity contribution in [2.45, 2.75) is 45.2 Å². The van der Waals surface area contributed by atoms with Gasteiger partial charge in [-0.3, -0.25) is 0 Å². The molecule has 1 aromatic carbocycles. The lowest BCUT2D eigenvalue weighted by Gasteiger charge is -2.24. The molecule has 3 atom stereocenters. The second kappa shape index (κ2) is 6.20. The second-order valence-corrected chi connectivity index (χ2v) is 6.38. The molecule has 0 unspecified atom stereocenters. The van der Waals surface area contributed by atoms with Gasteiger partial charge in [-0.1, -0.05) is 29.8 Å². The highest BCUT2D eigenvalue weighted by molar-refractivity contribution is 5.46. The first-order valence-corrected chi connectivity index (χ1v) is 7.96. The van der Waals surface area contributed by atoms with E-state index in [2.05, 4.69) is 43.4 Å². The summed E-state index contributed by atoms with van der Waals surface area (Å²) in [5.41, 5.74) is 3.82. The summed E-state index contributed by atoms with van der Waals surface area (Å²) in [6.07, 6.45) is 7.50. The van der Waals surface area contributed by atoms with E-state index in [1.807, 2.05) is 0 Å². The van der Waals surface area contributed by atoms with Crippen LogP contribution in [0.2, 0.25) is 0 Å². The molecular weight excluding hydrogens is 262 g/mol. The Morgan fingerprint density at radius 2 is 2.14 bits per heavy atom. The first-order chi connectivity index (χ1) is 10.2. The fourth-order valence-electron chi connectivity index (χ4n) is 3.53. The summed E-state index contributed by atoms with van der Waals surface area (Å²) < 4.78 is 5.97. The quantitative estimate of drug-likeness (QED) is 0.840. The monoisotopic (exact) mass is 287 g/mol. The van der Waals surface area contributed by atoms with Gasteiger partial charge in [0.15, 0.2) is 0 Å². The molecule has 0 amide bonds. The number of hydrogen-bond acceptors (Lipinski definition) is 3. The lowest BCUT2D eigenvalue weighted by molar-refractivity contribution is 0.244. The van der Waals surface area contributed by atoms with Gasteiger partial charge in [-0.15, -0.1) is 0 Å². The average Bonchev–Trinajstić information content (AvgIpc) is 2.81. The van der Waals surface area contributed by atoms with Crippen LogP contribution < -0.4 is 10.1 Å². The molecule has 0 fully saturated rings. The number of hydrogen-bond donors (Lipinski definition) is 2. The first-order valence-electron chi connectivity index (χ1n) is 7.96. The Bertz CT molecular complexity index is 538. The molecule has 3 rings (SSSR count). The van der Waals surface area contributed by atoms with E-state index in [-0.39, 0.29) is 6.61 Å². The molecule has 2 aliphatic rings. The van der Waals surface area contributed by atoms with Crippen molar-refractivity contribution >= 4 is 0 Å². The molecule has 114 valence electrons. The van der Waals surface area contributed by atoms with Crippen LogP contribution in [0.4, 0.5) is 0 Å². The number of aliphatic hydroxyl groups is 1. The predicted molar refractivity (Wildman–Crippen MR) is 84.6 cm³/mol. The summed E-state index contributed by atoms with van der Waals surface area (Å²) in [5.74, 6) is 1.37. The van der Waals surface area contributed by atoms with Crippen LogP contribution >= 0.6 is 0 Å². The van der Waals surface area contributed by atoms with Crippen molar-refractivity contribution in [2.75, 3.05) is 13.2 Å². The number of aryl methyl sites for hydroxylation is 2. The van der Waals surface area contributed by atoms with Gasteiger partial charge in [0.1, 0.15) is 5.75 Å². The molecule has 0 aromatic heterocycles. The maximum Gasteiger partial charge on any atom is 0.126 e. The molecular formula is C18H25NO2. The number of ether oxygens (including phenoxy) is 1. The van der Waals surface area contributed by atoms with E-state index < -0.39 is 0 Å². The fraction of sp³-hybridized carbons (Fsp3) is 0.556. The topological polar surface area (TPSA) is 41.5 Å². The van der Waals surface area contributed by atoms with Gasteiger partial charge >= 0.3 is 0 Å². The fourth-order valence-corrected chi connectivity index (χ4v) is 3.53. The van der Waals surface area contributed by atoms with Crippen LogP contribution in [0.1, 0.15) is 42.0 Å². The van der Waals surface area contributed by atoms with E-state index in [0.717, 1.165) is 31.6 Å². The molecule has 1 aliphatic heterocycles. The van der Waals surface area contributed by atoms with Crippen molar-refractivity contribution in [2.24, 2.45) is 5.92 Å². The highest BCUT2D eigenvalue weighted by atomic mass is 16.5. The maximum atomic E-state index is 9.27. The minimum atomic E-state index is 0.247. The number of rotatable bonds is 3. The molecule has 0 spiro atoms. The highest BCUT2D eigenvalue weighted by Gasteiger charge is 2.26. The number of nitrogens with one attached hydrogen (secondary N) is 1. The second-order valence-electron chi connectivity index (χ2n) is 6.38. The number of fused-ring (bicyclic) bond motifs is 1. The standard InChI is InChI=1S/C18H25NO2/c1-12-8-13(2)18-16(9-12)17(4-3-7-21-18)19-15-6-5-14(10-15)11-20/h5-6,8-9,14-15,17,19-20H,3-4,7,10-11H2,1-2H3/t14-,15+,17-/m0/s1. The van der Waals surface area contributed by atoms with E-state index in [4.69, 9.17) is 4.74 Å². The smallest absolute Gasteiger partial charge is 0.126 e. The predicted octanol–water partition coefficient (Wildman–Crippen LogP) is 3.04. The van der Waals surface area contributed by atoms with E-state index in [1.165, 1.54) is 16.7 Å². The zero-order valence-electron chi connectivity index (χ0n) is 12.9. The summed E-state index contributed by atoms with van der Waals surface area (Å²) in [7, 11) is 0. The summed E-state index contributed by atoms with van der Waals surface area (Å²) in [6, 6.07) is 5.15. The maximum absolute atomic E-state index is 9.27. The van der Waals surface area contributed by atoms with Crippen molar-refractivity contribution in [1.29, 1.82) is 0 Å². The third-order valence-electron chi connectivity index (χ3n) is 4.53. The third kappa shape index (κ3) is 3.14. The van der Waals surface area contributed by atoms with Gasteiger partial charge in [-0.2, -0.15) is 0 Å². The van der Waals surface area contributed by atoms with Crippen LogP contribution in [0.15, 0.2) is 24.3 Å². The molecule has 3 nitrogen and oxygen atoms in total. The van der Waals surface area contributed by atoms with Crippen molar-refractivity contribution < 1.29 is 9.84 Å². The van der Waals surface area contributed by atoms with Crippen LogP contribution in [-0.4, -0.2) is 24.4 Å². The Balaban J connectivity index is 1.82. The molecule has 0 saturated carbocycles. The minimum absolute atomic E-state index is 0.247. The molecule has 0 radical (unpaired) electrons. The van der Waals surface area contributed by atoms with Gasteiger partial charge in [-0.25, -0.2) is 0 Å². The zero-order valence-corrected chi connectivity index (χ0v) is 12.9. The molecule has 1 aromatic rings. The Morgan fingerprint density at radius 3 is 2.90 bits per heavy atom. The van der Waals surface area contributed by atoms with Crippen molar-refractivity contribution in [1.82, 2.24) is 5.32 Å². The summed E-state index contributed by atoms with van der Waals surface area (Å²) in [6.45, 7) is 5.32. The molecule has 0 saturated heterocycles. The Labute approximate surface area is 127 Å². The molecule has 1 heterocycles. The largest absolute Gasteiger partial charge is 0.493 e. The number of aliphatic hydroxyl groups excluding tert-OH is 1. The lowest BCUT2D eigenvalue weighted by atomic mass is 9.96.